The van der Waals surface area contributed by atoms with Crippen LogP contribution in [0.4, 0.5) is 0 Å². The monoisotopic (exact) mass is 256 g/mol. The molecule has 0 aliphatic carbocycles. The van der Waals surface area contributed by atoms with Crippen LogP contribution in [-0.2, 0) is 4.74 Å². The second-order valence-corrected chi connectivity index (χ2v) is 4.30. The van der Waals surface area contributed by atoms with Crippen molar-refractivity contribution in [3.8, 4) is 11.4 Å². The first-order valence-electron chi connectivity index (χ1n) is 6.19. The van der Waals surface area contributed by atoms with E-state index in [-0.39, 0.29) is 0 Å². The highest BCUT2D eigenvalue weighted by Crippen LogP contribution is 2.17. The van der Waals surface area contributed by atoms with E-state index in [1.165, 1.54) is 0 Å². The summed E-state index contributed by atoms with van der Waals surface area (Å²) in [6, 6.07) is 7.57. The van der Waals surface area contributed by atoms with E-state index >= 15 is 0 Å². The molecule has 0 aliphatic rings. The first-order chi connectivity index (χ1) is 9.11. The summed E-state index contributed by atoms with van der Waals surface area (Å²) in [6.45, 7) is 5.93. The second-order valence-electron chi connectivity index (χ2n) is 4.30. The number of aryl methyl sites for hydroxylation is 2. The third kappa shape index (κ3) is 2.96. The standard InChI is InChI=1S/C15H16N2O2/c1-4-19-15(18)14-11(3)6-8-13(17-14)12-7-5-10(2)9-16-12/h5-9H,4H2,1-3H3. The van der Waals surface area contributed by atoms with E-state index in [0.29, 0.717) is 18.0 Å². The number of hydrogen-bond donors (Lipinski definition) is 0. The molecule has 0 fully saturated rings. The second kappa shape index (κ2) is 5.61. The number of nitrogens with zero attached hydrogens (tertiary/aromatic N) is 2. The molecule has 0 amide bonds. The van der Waals surface area contributed by atoms with Crippen LogP contribution < -0.4 is 0 Å². The van der Waals surface area contributed by atoms with Crippen LogP contribution in [0.25, 0.3) is 11.4 Å². The summed E-state index contributed by atoms with van der Waals surface area (Å²) in [5.74, 6) is -0.394. The lowest BCUT2D eigenvalue weighted by Gasteiger charge is -2.07. The van der Waals surface area contributed by atoms with E-state index in [0.717, 1.165) is 16.8 Å². The van der Waals surface area contributed by atoms with E-state index in [1.54, 1.807) is 13.1 Å². The first kappa shape index (κ1) is 13.2. The van der Waals surface area contributed by atoms with Crippen molar-refractivity contribution in [2.24, 2.45) is 0 Å². The minimum absolute atomic E-state index is 0.340. The molecule has 0 saturated heterocycles. The quantitative estimate of drug-likeness (QED) is 0.792. The van der Waals surface area contributed by atoms with Gasteiger partial charge in [-0.25, -0.2) is 9.78 Å². The largest absolute Gasteiger partial charge is 0.461 e. The highest BCUT2D eigenvalue weighted by atomic mass is 16.5. The Bertz CT molecular complexity index is 592. The van der Waals surface area contributed by atoms with Gasteiger partial charge in [-0.2, -0.15) is 0 Å². The predicted molar refractivity (Wildman–Crippen MR) is 72.9 cm³/mol. The SMILES string of the molecule is CCOC(=O)c1nc(-c2ccc(C)cn2)ccc1C. The van der Waals surface area contributed by atoms with Crippen LogP contribution >= 0.6 is 0 Å². The fourth-order valence-electron chi connectivity index (χ4n) is 1.70. The third-order valence-electron chi connectivity index (χ3n) is 2.74. The molecule has 4 heteroatoms. The van der Waals surface area contributed by atoms with Crippen molar-refractivity contribution >= 4 is 5.97 Å². The number of pyridine rings is 2. The number of hydrogen-bond acceptors (Lipinski definition) is 4. The van der Waals surface area contributed by atoms with E-state index in [2.05, 4.69) is 9.97 Å². The summed E-state index contributed by atoms with van der Waals surface area (Å²) in [6.07, 6.45) is 1.78. The molecule has 98 valence electrons. The van der Waals surface area contributed by atoms with Crippen LogP contribution in [-0.4, -0.2) is 22.5 Å². The van der Waals surface area contributed by atoms with E-state index < -0.39 is 5.97 Å². The highest BCUT2D eigenvalue weighted by molar-refractivity contribution is 5.89. The molecule has 19 heavy (non-hydrogen) atoms. The van der Waals surface area contributed by atoms with E-state index in [4.69, 9.17) is 4.74 Å². The van der Waals surface area contributed by atoms with Gasteiger partial charge in [-0.15, -0.1) is 0 Å². The molecule has 0 N–H and O–H groups in total. The summed E-state index contributed by atoms with van der Waals surface area (Å²) < 4.78 is 5.00. The lowest BCUT2D eigenvalue weighted by molar-refractivity contribution is 0.0518. The molecule has 0 aliphatic heterocycles. The Morgan fingerprint density at radius 1 is 1.16 bits per heavy atom. The maximum absolute atomic E-state index is 11.8. The van der Waals surface area contributed by atoms with Crippen LogP contribution in [0.3, 0.4) is 0 Å². The van der Waals surface area contributed by atoms with Gasteiger partial charge in [0.1, 0.15) is 0 Å². The van der Waals surface area contributed by atoms with Gasteiger partial charge in [0, 0.05) is 6.20 Å². The fraction of sp³-hybridized carbons (Fsp3) is 0.267. The fourth-order valence-corrected chi connectivity index (χ4v) is 1.70. The molecule has 0 unspecified atom stereocenters. The summed E-state index contributed by atoms with van der Waals surface area (Å²) in [5, 5.41) is 0. The Morgan fingerprint density at radius 2 is 1.89 bits per heavy atom. The van der Waals surface area contributed by atoms with Gasteiger partial charge in [-0.1, -0.05) is 12.1 Å². The zero-order chi connectivity index (χ0) is 13.8. The van der Waals surface area contributed by atoms with Crippen molar-refractivity contribution in [2.75, 3.05) is 6.61 Å². The first-order valence-corrected chi connectivity index (χ1v) is 6.19. The minimum Gasteiger partial charge on any atom is -0.461 e. The van der Waals surface area contributed by atoms with Gasteiger partial charge in [0.05, 0.1) is 18.0 Å². The van der Waals surface area contributed by atoms with Crippen LogP contribution in [0.2, 0.25) is 0 Å². The van der Waals surface area contributed by atoms with Gasteiger partial charge in [-0.3, -0.25) is 4.98 Å². The molecule has 4 nitrogen and oxygen atoms in total. The number of carbonyl (C=O) groups is 1. The van der Waals surface area contributed by atoms with E-state index in [1.807, 2.05) is 38.1 Å². The van der Waals surface area contributed by atoms with Crippen LogP contribution in [0.15, 0.2) is 30.5 Å². The summed E-state index contributed by atoms with van der Waals surface area (Å²) in [7, 11) is 0. The van der Waals surface area contributed by atoms with Gasteiger partial charge in [0.2, 0.25) is 0 Å². The van der Waals surface area contributed by atoms with Gasteiger partial charge < -0.3 is 4.74 Å². The van der Waals surface area contributed by atoms with Crippen LogP contribution in [0.5, 0.6) is 0 Å². The lowest BCUT2D eigenvalue weighted by atomic mass is 10.1. The van der Waals surface area contributed by atoms with Crippen molar-refractivity contribution in [1.29, 1.82) is 0 Å². The molecule has 2 rings (SSSR count). The Balaban J connectivity index is 2.40. The molecule has 0 spiro atoms. The van der Waals surface area contributed by atoms with Crippen molar-refractivity contribution in [2.45, 2.75) is 20.8 Å². The number of aromatic nitrogens is 2. The van der Waals surface area contributed by atoms with Crippen LogP contribution in [0, 0.1) is 13.8 Å². The molecule has 0 bridgehead atoms. The maximum Gasteiger partial charge on any atom is 0.357 e. The molecule has 2 aromatic heterocycles. The number of esters is 1. The Kier molecular flexibility index (Phi) is 3.90. The molecular weight excluding hydrogens is 240 g/mol. The molecule has 0 aromatic carbocycles. The zero-order valence-electron chi connectivity index (χ0n) is 11.3. The molecule has 0 atom stereocenters. The van der Waals surface area contributed by atoms with Crippen molar-refractivity contribution in [1.82, 2.24) is 9.97 Å². The molecular formula is C15H16N2O2. The smallest absolute Gasteiger partial charge is 0.357 e. The molecule has 0 radical (unpaired) electrons. The van der Waals surface area contributed by atoms with Crippen molar-refractivity contribution in [3.63, 3.8) is 0 Å². The average molecular weight is 256 g/mol. The highest BCUT2D eigenvalue weighted by Gasteiger charge is 2.13. The lowest BCUT2D eigenvalue weighted by Crippen LogP contribution is -2.09. The van der Waals surface area contributed by atoms with Gasteiger partial charge in [-0.05, 0) is 44.0 Å². The normalized spacial score (nSPS) is 10.3. The Hall–Kier alpha value is -2.23. The number of ether oxygens (including phenoxy) is 1. The number of carbonyl (C=O) groups excluding carboxylic acids is 1. The predicted octanol–water partition coefficient (Wildman–Crippen LogP) is 2.94. The molecule has 2 aromatic rings. The summed E-state index contributed by atoms with van der Waals surface area (Å²) in [4.78, 5) is 20.5. The van der Waals surface area contributed by atoms with Crippen molar-refractivity contribution < 1.29 is 9.53 Å². The molecule has 0 saturated carbocycles. The molecule has 2 heterocycles. The summed E-state index contributed by atoms with van der Waals surface area (Å²) >= 11 is 0. The van der Waals surface area contributed by atoms with E-state index in [9.17, 15) is 4.79 Å². The maximum atomic E-state index is 11.8. The average Bonchev–Trinajstić information content (AvgIpc) is 2.40. The Labute approximate surface area is 112 Å². The van der Waals surface area contributed by atoms with Gasteiger partial charge in [0.25, 0.3) is 0 Å². The van der Waals surface area contributed by atoms with Crippen molar-refractivity contribution in [3.05, 3.63) is 47.3 Å². The topological polar surface area (TPSA) is 52.1 Å². The Morgan fingerprint density at radius 3 is 2.53 bits per heavy atom. The van der Waals surface area contributed by atoms with Crippen LogP contribution in [0.1, 0.15) is 28.5 Å². The minimum atomic E-state index is -0.394. The summed E-state index contributed by atoms with van der Waals surface area (Å²) in [5.41, 5.74) is 3.65. The van der Waals surface area contributed by atoms with Gasteiger partial charge >= 0.3 is 5.97 Å². The zero-order valence-corrected chi connectivity index (χ0v) is 11.3. The third-order valence-corrected chi connectivity index (χ3v) is 2.74. The number of rotatable bonds is 3. The van der Waals surface area contributed by atoms with Gasteiger partial charge in [0.15, 0.2) is 5.69 Å².